The second kappa shape index (κ2) is 5.30. The number of hydrogen-bond donors (Lipinski definition) is 1. The van der Waals surface area contributed by atoms with Gasteiger partial charge in [0.25, 0.3) is 0 Å². The molecule has 0 spiro atoms. The average molecular weight is 229 g/mol. The van der Waals surface area contributed by atoms with E-state index in [1.165, 1.54) is 0 Å². The van der Waals surface area contributed by atoms with E-state index >= 15 is 0 Å². The van der Waals surface area contributed by atoms with Crippen molar-refractivity contribution in [2.45, 2.75) is 12.8 Å². The molecule has 2 N–H and O–H groups in total. The highest BCUT2D eigenvalue weighted by Crippen LogP contribution is 2.22. The van der Waals surface area contributed by atoms with Gasteiger partial charge in [0.05, 0.1) is 17.5 Å². The predicted molar refractivity (Wildman–Crippen MR) is 68.9 cm³/mol. The number of unbranched alkanes of at least 4 members (excludes halogenated alkanes) is 1. The summed E-state index contributed by atoms with van der Waals surface area (Å²) in [6.07, 6.45) is 3.72. The second-order valence-corrected chi connectivity index (χ2v) is 3.68. The van der Waals surface area contributed by atoms with Gasteiger partial charge >= 0.3 is 0 Å². The lowest BCUT2D eigenvalue weighted by atomic mass is 10.2. The van der Waals surface area contributed by atoms with Crippen LogP contribution in [0.1, 0.15) is 12.8 Å². The zero-order valence-corrected chi connectivity index (χ0v) is 9.60. The standard InChI is InChI=1S/C13H15N3O/c1-2-3-6-9-17-12-10-7-4-5-8-11(10)15-13(14)16-12/h2,4-5,7-8H,1,3,6,9H2,(H2,14,15,16). The van der Waals surface area contributed by atoms with Crippen molar-refractivity contribution >= 4 is 16.9 Å². The molecule has 0 saturated heterocycles. The molecule has 88 valence electrons. The molecular weight excluding hydrogens is 214 g/mol. The van der Waals surface area contributed by atoms with Gasteiger partial charge in [-0.25, -0.2) is 4.98 Å². The highest BCUT2D eigenvalue weighted by Gasteiger charge is 2.06. The van der Waals surface area contributed by atoms with Gasteiger partial charge < -0.3 is 10.5 Å². The molecule has 1 aromatic carbocycles. The Morgan fingerprint density at radius 2 is 2.12 bits per heavy atom. The van der Waals surface area contributed by atoms with Gasteiger partial charge in [-0.2, -0.15) is 4.98 Å². The van der Waals surface area contributed by atoms with Gasteiger partial charge in [0.1, 0.15) is 0 Å². The van der Waals surface area contributed by atoms with E-state index in [1.807, 2.05) is 30.3 Å². The number of aromatic nitrogens is 2. The topological polar surface area (TPSA) is 61.0 Å². The van der Waals surface area contributed by atoms with Crippen LogP contribution in [0.5, 0.6) is 5.88 Å². The normalized spacial score (nSPS) is 10.4. The van der Waals surface area contributed by atoms with E-state index in [-0.39, 0.29) is 5.95 Å². The summed E-state index contributed by atoms with van der Waals surface area (Å²) in [6, 6.07) is 7.66. The Hall–Kier alpha value is -2.10. The van der Waals surface area contributed by atoms with Gasteiger partial charge in [-0.3, -0.25) is 0 Å². The Morgan fingerprint density at radius 3 is 2.94 bits per heavy atom. The van der Waals surface area contributed by atoms with E-state index in [0.29, 0.717) is 12.5 Å². The third-order valence-electron chi connectivity index (χ3n) is 2.38. The van der Waals surface area contributed by atoms with Gasteiger partial charge in [0.15, 0.2) is 0 Å². The van der Waals surface area contributed by atoms with Gasteiger partial charge in [-0.1, -0.05) is 18.2 Å². The molecule has 0 fully saturated rings. The van der Waals surface area contributed by atoms with Crippen LogP contribution in [0.25, 0.3) is 10.9 Å². The Balaban J connectivity index is 2.23. The fourth-order valence-electron chi connectivity index (χ4n) is 1.57. The first-order chi connectivity index (χ1) is 8.31. The number of rotatable bonds is 5. The summed E-state index contributed by atoms with van der Waals surface area (Å²) in [5, 5.41) is 0.889. The molecule has 2 rings (SSSR count). The van der Waals surface area contributed by atoms with Gasteiger partial charge in [0, 0.05) is 0 Å². The van der Waals surface area contributed by atoms with Crippen LogP contribution in [-0.4, -0.2) is 16.6 Å². The van der Waals surface area contributed by atoms with Crippen molar-refractivity contribution in [1.82, 2.24) is 9.97 Å². The second-order valence-electron chi connectivity index (χ2n) is 3.68. The lowest BCUT2D eigenvalue weighted by molar-refractivity contribution is 0.304. The molecule has 1 aromatic heterocycles. The SMILES string of the molecule is C=CCCCOc1nc(N)nc2ccccc12. The summed E-state index contributed by atoms with van der Waals surface area (Å²) < 4.78 is 5.62. The lowest BCUT2D eigenvalue weighted by Crippen LogP contribution is -2.03. The molecule has 0 aliphatic carbocycles. The molecule has 4 nitrogen and oxygen atoms in total. The highest BCUT2D eigenvalue weighted by molar-refractivity contribution is 5.84. The maximum atomic E-state index is 5.64. The maximum Gasteiger partial charge on any atom is 0.226 e. The van der Waals surface area contributed by atoms with Crippen molar-refractivity contribution in [1.29, 1.82) is 0 Å². The van der Waals surface area contributed by atoms with Crippen molar-refractivity contribution in [2.24, 2.45) is 0 Å². The molecule has 0 atom stereocenters. The third kappa shape index (κ3) is 2.72. The van der Waals surface area contributed by atoms with Crippen LogP contribution >= 0.6 is 0 Å². The monoisotopic (exact) mass is 229 g/mol. The summed E-state index contributed by atoms with van der Waals surface area (Å²) in [5.41, 5.74) is 6.44. The molecule has 0 bridgehead atoms. The Kier molecular flexibility index (Phi) is 3.55. The Bertz CT molecular complexity index is 525. The summed E-state index contributed by atoms with van der Waals surface area (Å²) in [7, 11) is 0. The van der Waals surface area contributed by atoms with Crippen molar-refractivity contribution in [3.8, 4) is 5.88 Å². The van der Waals surface area contributed by atoms with E-state index in [9.17, 15) is 0 Å². The molecule has 0 aliphatic rings. The summed E-state index contributed by atoms with van der Waals surface area (Å²) in [5.74, 6) is 0.791. The lowest BCUT2D eigenvalue weighted by Gasteiger charge is -2.07. The minimum atomic E-state index is 0.238. The summed E-state index contributed by atoms with van der Waals surface area (Å²) in [4.78, 5) is 8.27. The third-order valence-corrected chi connectivity index (χ3v) is 2.38. The van der Waals surface area contributed by atoms with E-state index in [2.05, 4.69) is 16.5 Å². The van der Waals surface area contributed by atoms with Crippen LogP contribution in [0.15, 0.2) is 36.9 Å². The number of nitrogens with two attached hydrogens (primary N) is 1. The van der Waals surface area contributed by atoms with Crippen LogP contribution in [0.2, 0.25) is 0 Å². The number of ether oxygens (including phenoxy) is 1. The number of hydrogen-bond acceptors (Lipinski definition) is 4. The quantitative estimate of drug-likeness (QED) is 0.632. The average Bonchev–Trinajstić information content (AvgIpc) is 2.34. The Labute approximate surface area is 100 Å². The van der Waals surface area contributed by atoms with E-state index in [0.717, 1.165) is 23.7 Å². The largest absolute Gasteiger partial charge is 0.477 e. The molecule has 0 radical (unpaired) electrons. The molecule has 17 heavy (non-hydrogen) atoms. The van der Waals surface area contributed by atoms with Crippen LogP contribution in [0.4, 0.5) is 5.95 Å². The molecule has 2 aromatic rings. The van der Waals surface area contributed by atoms with Crippen LogP contribution in [-0.2, 0) is 0 Å². The van der Waals surface area contributed by atoms with E-state index < -0.39 is 0 Å². The van der Waals surface area contributed by atoms with Crippen molar-refractivity contribution < 1.29 is 4.74 Å². The number of allylic oxidation sites excluding steroid dienone is 1. The van der Waals surface area contributed by atoms with Crippen molar-refractivity contribution in [3.63, 3.8) is 0 Å². The van der Waals surface area contributed by atoms with Crippen LogP contribution < -0.4 is 10.5 Å². The maximum absolute atomic E-state index is 5.64. The van der Waals surface area contributed by atoms with Crippen LogP contribution in [0, 0.1) is 0 Å². The Morgan fingerprint density at radius 1 is 1.29 bits per heavy atom. The minimum absolute atomic E-state index is 0.238. The number of fused-ring (bicyclic) bond motifs is 1. The zero-order valence-electron chi connectivity index (χ0n) is 9.60. The zero-order chi connectivity index (χ0) is 12.1. The first-order valence-electron chi connectivity index (χ1n) is 5.57. The minimum Gasteiger partial charge on any atom is -0.477 e. The molecule has 1 heterocycles. The predicted octanol–water partition coefficient (Wildman–Crippen LogP) is 2.56. The smallest absolute Gasteiger partial charge is 0.226 e. The molecule has 4 heteroatoms. The van der Waals surface area contributed by atoms with Gasteiger partial charge in [-0.05, 0) is 25.0 Å². The number of benzene rings is 1. The fourth-order valence-corrected chi connectivity index (χ4v) is 1.57. The summed E-state index contributed by atoms with van der Waals surface area (Å²) in [6.45, 7) is 4.27. The van der Waals surface area contributed by atoms with Crippen molar-refractivity contribution in [2.75, 3.05) is 12.3 Å². The highest BCUT2D eigenvalue weighted by atomic mass is 16.5. The number of nitrogens with zero attached hydrogens (tertiary/aromatic N) is 2. The van der Waals surface area contributed by atoms with E-state index in [4.69, 9.17) is 10.5 Å². The number of nitrogen functional groups attached to an aromatic ring is 1. The number of para-hydroxylation sites is 1. The molecule has 0 saturated carbocycles. The van der Waals surface area contributed by atoms with Crippen LogP contribution in [0.3, 0.4) is 0 Å². The first kappa shape index (κ1) is 11.4. The van der Waals surface area contributed by atoms with E-state index in [1.54, 1.807) is 0 Å². The fraction of sp³-hybridized carbons (Fsp3) is 0.231. The first-order valence-corrected chi connectivity index (χ1v) is 5.57. The summed E-state index contributed by atoms with van der Waals surface area (Å²) >= 11 is 0. The van der Waals surface area contributed by atoms with Crippen molar-refractivity contribution in [3.05, 3.63) is 36.9 Å². The van der Waals surface area contributed by atoms with Gasteiger partial charge in [-0.15, -0.1) is 6.58 Å². The molecule has 0 unspecified atom stereocenters. The number of anilines is 1. The van der Waals surface area contributed by atoms with Gasteiger partial charge in [0.2, 0.25) is 11.8 Å². The molecular formula is C13H15N3O. The molecule has 0 amide bonds. The molecule has 0 aliphatic heterocycles.